The van der Waals surface area contributed by atoms with Gasteiger partial charge >= 0.3 is 0 Å². The van der Waals surface area contributed by atoms with Crippen molar-refractivity contribution in [2.75, 3.05) is 45.2 Å². The quantitative estimate of drug-likeness (QED) is 0.852. The summed E-state index contributed by atoms with van der Waals surface area (Å²) < 4.78 is 27.1. The van der Waals surface area contributed by atoms with E-state index >= 15 is 0 Å². The highest BCUT2D eigenvalue weighted by Crippen LogP contribution is 2.26. The Morgan fingerprint density at radius 3 is 2.41 bits per heavy atom. The molecule has 22 heavy (non-hydrogen) atoms. The number of rotatable bonds is 3. The van der Waals surface area contributed by atoms with Crippen molar-refractivity contribution in [3.05, 3.63) is 36.5 Å². The molecule has 0 unspecified atom stereocenters. The van der Waals surface area contributed by atoms with Gasteiger partial charge in [0.2, 0.25) is 0 Å². The fraction of sp³-hybridized carbons (Fsp3) is 0.400. The lowest BCUT2D eigenvalue weighted by molar-refractivity contribution is 0.356. The molecule has 7 heteroatoms. The van der Waals surface area contributed by atoms with E-state index in [2.05, 4.69) is 16.0 Å². The van der Waals surface area contributed by atoms with Crippen molar-refractivity contribution in [1.29, 1.82) is 0 Å². The number of piperazine rings is 1. The van der Waals surface area contributed by atoms with Gasteiger partial charge in [-0.3, -0.25) is 4.98 Å². The minimum atomic E-state index is -3.32. The topological polar surface area (TPSA) is 56.8 Å². The molecule has 1 aromatic carbocycles. The van der Waals surface area contributed by atoms with E-state index < -0.39 is 10.2 Å². The van der Waals surface area contributed by atoms with Crippen LogP contribution in [0.3, 0.4) is 0 Å². The molecular weight excluding hydrogens is 300 g/mol. The van der Waals surface area contributed by atoms with Gasteiger partial charge in [0.25, 0.3) is 10.2 Å². The van der Waals surface area contributed by atoms with Crippen LogP contribution in [0.2, 0.25) is 0 Å². The Bertz CT molecular complexity index is 763. The Hall–Kier alpha value is -1.70. The van der Waals surface area contributed by atoms with Crippen molar-refractivity contribution in [3.8, 4) is 0 Å². The number of benzene rings is 1. The Labute approximate surface area is 131 Å². The maximum Gasteiger partial charge on any atom is 0.281 e. The van der Waals surface area contributed by atoms with Crippen LogP contribution < -0.4 is 4.90 Å². The van der Waals surface area contributed by atoms with Gasteiger partial charge in [-0.25, -0.2) is 0 Å². The third kappa shape index (κ3) is 2.67. The number of para-hydroxylation sites is 1. The summed E-state index contributed by atoms with van der Waals surface area (Å²) in [6, 6.07) is 10.0. The first-order valence-corrected chi connectivity index (χ1v) is 8.66. The van der Waals surface area contributed by atoms with Crippen LogP contribution in [0, 0.1) is 0 Å². The predicted molar refractivity (Wildman–Crippen MR) is 88.1 cm³/mol. The molecule has 1 aromatic heterocycles. The van der Waals surface area contributed by atoms with Gasteiger partial charge in [0.05, 0.1) is 5.52 Å². The number of hydrogen-bond acceptors (Lipinski definition) is 4. The Kier molecular flexibility index (Phi) is 4.03. The Morgan fingerprint density at radius 1 is 1.05 bits per heavy atom. The van der Waals surface area contributed by atoms with Crippen molar-refractivity contribution in [1.82, 2.24) is 13.6 Å². The average molecular weight is 320 g/mol. The number of pyridine rings is 1. The van der Waals surface area contributed by atoms with E-state index in [-0.39, 0.29) is 0 Å². The van der Waals surface area contributed by atoms with Crippen LogP contribution in [0.4, 0.5) is 5.69 Å². The molecule has 0 bridgehead atoms. The first-order chi connectivity index (χ1) is 10.5. The molecule has 118 valence electrons. The summed E-state index contributed by atoms with van der Waals surface area (Å²) in [5.74, 6) is 0. The minimum Gasteiger partial charge on any atom is -0.368 e. The molecule has 3 rings (SSSR count). The van der Waals surface area contributed by atoms with E-state index in [4.69, 9.17) is 0 Å². The van der Waals surface area contributed by atoms with Crippen LogP contribution in [-0.2, 0) is 10.2 Å². The van der Waals surface area contributed by atoms with Gasteiger partial charge in [-0.15, -0.1) is 0 Å². The fourth-order valence-corrected chi connectivity index (χ4v) is 3.83. The predicted octanol–water partition coefficient (Wildman–Crippen LogP) is 1.16. The summed E-state index contributed by atoms with van der Waals surface area (Å²) in [6.45, 7) is 2.36. The monoisotopic (exact) mass is 320 g/mol. The van der Waals surface area contributed by atoms with E-state index in [0.717, 1.165) is 16.6 Å². The molecule has 2 heterocycles. The van der Waals surface area contributed by atoms with Crippen LogP contribution >= 0.6 is 0 Å². The van der Waals surface area contributed by atoms with E-state index in [1.54, 1.807) is 20.3 Å². The zero-order valence-corrected chi connectivity index (χ0v) is 13.6. The molecule has 0 spiro atoms. The maximum absolute atomic E-state index is 12.2. The molecule has 0 radical (unpaired) electrons. The molecule has 1 saturated heterocycles. The normalized spacial score (nSPS) is 17.3. The molecule has 0 amide bonds. The zero-order chi connectivity index (χ0) is 15.7. The van der Waals surface area contributed by atoms with Crippen molar-refractivity contribution in [2.24, 2.45) is 0 Å². The van der Waals surface area contributed by atoms with Gasteiger partial charge in [0.1, 0.15) is 0 Å². The van der Waals surface area contributed by atoms with Gasteiger partial charge in [-0.05, 0) is 12.1 Å². The third-order valence-corrected chi connectivity index (χ3v) is 5.93. The van der Waals surface area contributed by atoms with E-state index in [0.29, 0.717) is 26.2 Å². The van der Waals surface area contributed by atoms with Gasteiger partial charge in [0.15, 0.2) is 0 Å². The molecule has 1 aliphatic rings. The molecule has 0 N–H and O–H groups in total. The van der Waals surface area contributed by atoms with Gasteiger partial charge in [-0.1, -0.05) is 18.2 Å². The van der Waals surface area contributed by atoms with E-state index in [1.807, 2.05) is 24.3 Å². The molecular formula is C15H20N4O2S. The molecule has 0 saturated carbocycles. The van der Waals surface area contributed by atoms with Gasteiger partial charge < -0.3 is 4.90 Å². The van der Waals surface area contributed by atoms with Crippen molar-refractivity contribution in [3.63, 3.8) is 0 Å². The standard InChI is InChI=1S/C15H20N4O2S/c1-17(2)22(20,21)19-11-9-18(10-12-19)15-7-8-16-14-6-4-3-5-13(14)15/h3-8H,9-12H2,1-2H3. The SMILES string of the molecule is CN(C)S(=O)(=O)N1CCN(c2ccnc3ccccc23)CC1. The lowest BCUT2D eigenvalue weighted by atomic mass is 10.1. The summed E-state index contributed by atoms with van der Waals surface area (Å²) in [5.41, 5.74) is 2.08. The van der Waals surface area contributed by atoms with Crippen LogP contribution in [0.15, 0.2) is 36.5 Å². The van der Waals surface area contributed by atoms with E-state index in [1.165, 1.54) is 8.61 Å². The molecule has 1 fully saturated rings. The Balaban J connectivity index is 1.82. The average Bonchev–Trinajstić information content (AvgIpc) is 2.54. The lowest BCUT2D eigenvalue weighted by Gasteiger charge is -2.36. The number of hydrogen-bond donors (Lipinski definition) is 0. The molecule has 2 aromatic rings. The lowest BCUT2D eigenvalue weighted by Crippen LogP contribution is -2.51. The van der Waals surface area contributed by atoms with Gasteiger partial charge in [-0.2, -0.15) is 17.0 Å². The summed E-state index contributed by atoms with van der Waals surface area (Å²) in [5, 5.41) is 1.11. The fourth-order valence-electron chi connectivity index (χ4n) is 2.75. The van der Waals surface area contributed by atoms with Crippen LogP contribution in [0.1, 0.15) is 0 Å². The smallest absolute Gasteiger partial charge is 0.281 e. The Morgan fingerprint density at radius 2 is 1.73 bits per heavy atom. The number of anilines is 1. The second-order valence-electron chi connectivity index (χ2n) is 5.52. The zero-order valence-electron chi connectivity index (χ0n) is 12.8. The summed E-state index contributed by atoms with van der Waals surface area (Å²) >= 11 is 0. The largest absolute Gasteiger partial charge is 0.368 e. The summed E-state index contributed by atoms with van der Waals surface area (Å²) in [7, 11) is -0.185. The maximum atomic E-state index is 12.2. The van der Waals surface area contributed by atoms with Crippen molar-refractivity contribution < 1.29 is 8.42 Å². The highest BCUT2D eigenvalue weighted by Gasteiger charge is 2.28. The second-order valence-corrected chi connectivity index (χ2v) is 7.67. The van der Waals surface area contributed by atoms with Gasteiger partial charge in [0, 0.05) is 57.5 Å². The highest BCUT2D eigenvalue weighted by molar-refractivity contribution is 7.86. The highest BCUT2D eigenvalue weighted by atomic mass is 32.2. The third-order valence-electron chi connectivity index (χ3n) is 3.99. The van der Waals surface area contributed by atoms with E-state index in [9.17, 15) is 8.42 Å². The first-order valence-electron chi connectivity index (χ1n) is 7.26. The van der Waals surface area contributed by atoms with Crippen LogP contribution in [0.5, 0.6) is 0 Å². The minimum absolute atomic E-state index is 0.497. The molecule has 6 nitrogen and oxygen atoms in total. The van der Waals surface area contributed by atoms with Crippen molar-refractivity contribution in [2.45, 2.75) is 0 Å². The molecule has 0 aliphatic carbocycles. The molecule has 0 atom stereocenters. The number of fused-ring (bicyclic) bond motifs is 1. The summed E-state index contributed by atoms with van der Waals surface area (Å²) in [6.07, 6.45) is 1.81. The summed E-state index contributed by atoms with van der Waals surface area (Å²) in [4.78, 5) is 6.60. The van der Waals surface area contributed by atoms with Crippen LogP contribution in [-0.4, -0.2) is 62.3 Å². The first kappa shape index (κ1) is 15.2. The van der Waals surface area contributed by atoms with Crippen molar-refractivity contribution >= 4 is 26.8 Å². The number of nitrogens with zero attached hydrogens (tertiary/aromatic N) is 4. The van der Waals surface area contributed by atoms with Crippen LogP contribution in [0.25, 0.3) is 10.9 Å². The molecule has 1 aliphatic heterocycles. The second kappa shape index (κ2) is 5.83. The number of aromatic nitrogens is 1.